The van der Waals surface area contributed by atoms with E-state index in [0.29, 0.717) is 12.6 Å². The number of esters is 1. The van der Waals surface area contributed by atoms with Crippen molar-refractivity contribution in [2.75, 3.05) is 26.2 Å². The molecule has 0 aromatic heterocycles. The Morgan fingerprint density at radius 2 is 1.95 bits per heavy atom. The maximum atomic E-state index is 12.3. The number of nitrogens with one attached hydrogen (secondary N) is 1. The summed E-state index contributed by atoms with van der Waals surface area (Å²) in [5.74, 6) is 0.765. The van der Waals surface area contributed by atoms with Crippen molar-refractivity contribution in [3.63, 3.8) is 0 Å². The minimum Gasteiger partial charge on any atom is -0.465 e. The van der Waals surface area contributed by atoms with Crippen molar-refractivity contribution >= 4 is 5.97 Å². The summed E-state index contributed by atoms with van der Waals surface area (Å²) in [5.41, 5.74) is -0.578. The number of piperidine rings is 1. The molecule has 1 aliphatic rings. The van der Waals surface area contributed by atoms with Crippen molar-refractivity contribution in [3.8, 4) is 0 Å². The van der Waals surface area contributed by atoms with Gasteiger partial charge in [0, 0.05) is 6.04 Å². The molecule has 4 nitrogen and oxygen atoms in total. The Labute approximate surface area is 130 Å². The fourth-order valence-electron chi connectivity index (χ4n) is 3.43. The van der Waals surface area contributed by atoms with Gasteiger partial charge in [-0.05, 0) is 65.6 Å². The van der Waals surface area contributed by atoms with Crippen LogP contribution in [0.2, 0.25) is 0 Å². The van der Waals surface area contributed by atoms with Crippen LogP contribution in [0.25, 0.3) is 0 Å². The molecule has 2 unspecified atom stereocenters. The maximum Gasteiger partial charge on any atom is 0.326 e. The molecule has 0 aliphatic carbocycles. The predicted molar refractivity (Wildman–Crippen MR) is 87.4 cm³/mol. The van der Waals surface area contributed by atoms with Crippen LogP contribution in [0, 0.1) is 5.92 Å². The van der Waals surface area contributed by atoms with Gasteiger partial charge in [-0.15, -0.1) is 0 Å². The largest absolute Gasteiger partial charge is 0.465 e. The first-order valence-corrected chi connectivity index (χ1v) is 8.63. The fraction of sp³-hybridized carbons (Fsp3) is 0.941. The second-order valence-electron chi connectivity index (χ2n) is 6.52. The zero-order chi connectivity index (χ0) is 15.9. The number of carbonyl (C=O) groups excluding carboxylic acids is 1. The molecule has 0 amide bonds. The van der Waals surface area contributed by atoms with Crippen molar-refractivity contribution < 1.29 is 9.53 Å². The third kappa shape index (κ3) is 5.26. The molecule has 21 heavy (non-hydrogen) atoms. The highest BCUT2D eigenvalue weighted by Gasteiger charge is 2.37. The monoisotopic (exact) mass is 298 g/mol. The van der Waals surface area contributed by atoms with Gasteiger partial charge in [-0.2, -0.15) is 0 Å². The van der Waals surface area contributed by atoms with E-state index in [1.165, 1.54) is 19.3 Å². The lowest BCUT2D eigenvalue weighted by molar-refractivity contribution is -0.151. The quantitative estimate of drug-likeness (QED) is 0.700. The molecule has 0 radical (unpaired) electrons. The first-order valence-electron chi connectivity index (χ1n) is 8.63. The number of hydrogen-bond donors (Lipinski definition) is 1. The molecule has 1 fully saturated rings. The summed E-state index contributed by atoms with van der Waals surface area (Å²) in [4.78, 5) is 14.8. The van der Waals surface area contributed by atoms with Crippen LogP contribution in [0.4, 0.5) is 0 Å². The second kappa shape index (κ2) is 8.74. The summed E-state index contributed by atoms with van der Waals surface area (Å²) in [5, 5.41) is 3.33. The molecule has 124 valence electrons. The van der Waals surface area contributed by atoms with E-state index in [1.807, 2.05) is 20.8 Å². The van der Waals surface area contributed by atoms with Crippen LogP contribution in [0.15, 0.2) is 0 Å². The zero-order valence-corrected chi connectivity index (χ0v) is 14.6. The van der Waals surface area contributed by atoms with Gasteiger partial charge in [0.15, 0.2) is 0 Å². The molecule has 0 saturated carbocycles. The summed E-state index contributed by atoms with van der Waals surface area (Å²) in [6.07, 6.45) is 4.67. The van der Waals surface area contributed by atoms with E-state index in [-0.39, 0.29) is 5.97 Å². The Hall–Kier alpha value is -0.610. The number of rotatable bonds is 8. The van der Waals surface area contributed by atoms with Crippen LogP contribution in [0.5, 0.6) is 0 Å². The summed E-state index contributed by atoms with van der Waals surface area (Å²) in [6, 6.07) is 0.399. The third-order valence-electron chi connectivity index (χ3n) is 4.85. The highest BCUT2D eigenvalue weighted by atomic mass is 16.5. The van der Waals surface area contributed by atoms with Gasteiger partial charge in [-0.3, -0.25) is 4.79 Å². The third-order valence-corrected chi connectivity index (χ3v) is 4.85. The molecule has 4 heteroatoms. The molecule has 1 saturated heterocycles. The van der Waals surface area contributed by atoms with Gasteiger partial charge in [0.25, 0.3) is 0 Å². The van der Waals surface area contributed by atoms with Crippen molar-refractivity contribution in [1.82, 2.24) is 10.2 Å². The number of hydrogen-bond acceptors (Lipinski definition) is 4. The van der Waals surface area contributed by atoms with Crippen molar-refractivity contribution in [1.29, 1.82) is 0 Å². The predicted octanol–water partition coefficient (Wildman–Crippen LogP) is 2.82. The van der Waals surface area contributed by atoms with Crippen LogP contribution in [-0.2, 0) is 9.53 Å². The number of nitrogens with zero attached hydrogens (tertiary/aromatic N) is 1. The van der Waals surface area contributed by atoms with Gasteiger partial charge in [0.05, 0.1) is 6.61 Å². The topological polar surface area (TPSA) is 41.6 Å². The SMILES string of the molecule is CCNC(C)(CC(C)N1CCC(CC)CC1)C(=O)OCC. The van der Waals surface area contributed by atoms with Gasteiger partial charge in [0.2, 0.25) is 0 Å². The Kier molecular flexibility index (Phi) is 7.67. The van der Waals surface area contributed by atoms with Crippen molar-refractivity contribution in [2.45, 2.75) is 71.9 Å². The molecule has 1 N–H and O–H groups in total. The van der Waals surface area contributed by atoms with Crippen LogP contribution in [-0.4, -0.2) is 48.7 Å². The van der Waals surface area contributed by atoms with Gasteiger partial charge in [-0.1, -0.05) is 20.3 Å². The molecule has 1 rings (SSSR count). The van der Waals surface area contributed by atoms with Crippen LogP contribution in [0.3, 0.4) is 0 Å². The first kappa shape index (κ1) is 18.4. The summed E-state index contributed by atoms with van der Waals surface area (Å²) >= 11 is 0. The normalized spacial score (nSPS) is 21.8. The molecular weight excluding hydrogens is 264 g/mol. The smallest absolute Gasteiger partial charge is 0.326 e. The van der Waals surface area contributed by atoms with Crippen molar-refractivity contribution in [3.05, 3.63) is 0 Å². The zero-order valence-electron chi connectivity index (χ0n) is 14.6. The van der Waals surface area contributed by atoms with E-state index in [9.17, 15) is 4.79 Å². The van der Waals surface area contributed by atoms with Gasteiger partial charge >= 0.3 is 5.97 Å². The van der Waals surface area contributed by atoms with E-state index in [2.05, 4.69) is 24.1 Å². The second-order valence-corrected chi connectivity index (χ2v) is 6.52. The molecule has 0 aromatic rings. The Balaban J connectivity index is 2.60. The maximum absolute atomic E-state index is 12.3. The first-order chi connectivity index (χ1) is 9.96. The van der Waals surface area contributed by atoms with Crippen molar-refractivity contribution in [2.24, 2.45) is 5.92 Å². The summed E-state index contributed by atoms with van der Waals surface area (Å²) < 4.78 is 5.26. The molecule has 0 spiro atoms. The van der Waals surface area contributed by atoms with Crippen LogP contribution >= 0.6 is 0 Å². The Bertz CT molecular complexity index is 314. The van der Waals surface area contributed by atoms with E-state index < -0.39 is 5.54 Å². The van der Waals surface area contributed by atoms with Gasteiger partial charge in [0.1, 0.15) is 5.54 Å². The van der Waals surface area contributed by atoms with Crippen LogP contribution < -0.4 is 5.32 Å². The minimum absolute atomic E-state index is 0.123. The summed E-state index contributed by atoms with van der Waals surface area (Å²) in [7, 11) is 0. The minimum atomic E-state index is -0.578. The lowest BCUT2D eigenvalue weighted by Gasteiger charge is -2.39. The van der Waals surface area contributed by atoms with E-state index in [0.717, 1.165) is 32.0 Å². The molecule has 2 atom stereocenters. The Morgan fingerprint density at radius 1 is 1.33 bits per heavy atom. The highest BCUT2D eigenvalue weighted by Crippen LogP contribution is 2.25. The van der Waals surface area contributed by atoms with E-state index in [4.69, 9.17) is 4.74 Å². The van der Waals surface area contributed by atoms with Gasteiger partial charge < -0.3 is 15.0 Å². The van der Waals surface area contributed by atoms with E-state index >= 15 is 0 Å². The molecular formula is C17H34N2O2. The highest BCUT2D eigenvalue weighted by molar-refractivity contribution is 5.80. The molecule has 1 aliphatic heterocycles. The Morgan fingerprint density at radius 3 is 2.43 bits per heavy atom. The number of ether oxygens (including phenoxy) is 1. The average Bonchev–Trinajstić information content (AvgIpc) is 2.47. The number of carbonyl (C=O) groups is 1. The fourth-order valence-corrected chi connectivity index (χ4v) is 3.43. The average molecular weight is 298 g/mol. The van der Waals surface area contributed by atoms with Crippen LogP contribution in [0.1, 0.15) is 60.3 Å². The molecule has 0 bridgehead atoms. The lowest BCUT2D eigenvalue weighted by atomic mass is 9.89. The van der Waals surface area contributed by atoms with Gasteiger partial charge in [-0.25, -0.2) is 0 Å². The lowest BCUT2D eigenvalue weighted by Crippen LogP contribution is -2.54. The summed E-state index contributed by atoms with van der Waals surface area (Å²) in [6.45, 7) is 13.9. The number of likely N-dealkylation sites (tertiary alicyclic amines) is 1. The molecule has 0 aromatic carbocycles. The van der Waals surface area contributed by atoms with E-state index in [1.54, 1.807) is 0 Å². The molecule has 1 heterocycles. The number of likely N-dealkylation sites (N-methyl/N-ethyl adjacent to an activating group) is 1. The standard InChI is InChI=1S/C17H34N2O2/c1-6-15-9-11-19(12-10-15)14(4)13-17(5,18-7-2)16(20)21-8-3/h14-15,18H,6-13H2,1-5H3.